The lowest BCUT2D eigenvalue weighted by Gasteiger charge is -2.32. The SMILES string of the molecule is CC1(C)OB(CCC[C@H]2[C@@H]3CNC[C@@H]3C[C@@]2(N=[N+]=[N-])C(=O)OCc2ccccc2)OC1(C)C.Cl. The number of ether oxygens (including phenoxy) is 1. The minimum absolute atomic E-state index is 0. The average molecular weight is 491 g/mol. The van der Waals surface area contributed by atoms with E-state index in [1.54, 1.807) is 0 Å². The zero-order valence-corrected chi connectivity index (χ0v) is 21.3. The highest BCUT2D eigenvalue weighted by atomic mass is 35.5. The summed E-state index contributed by atoms with van der Waals surface area (Å²) in [5.41, 5.74) is 8.46. The Morgan fingerprint density at radius 1 is 1.21 bits per heavy atom. The zero-order valence-electron chi connectivity index (χ0n) is 20.5. The highest BCUT2D eigenvalue weighted by molar-refractivity contribution is 6.45. The van der Waals surface area contributed by atoms with Gasteiger partial charge in [0.15, 0.2) is 0 Å². The molecule has 0 bridgehead atoms. The lowest BCUT2D eigenvalue weighted by molar-refractivity contribution is -0.153. The molecule has 1 N–H and O–H groups in total. The maximum Gasteiger partial charge on any atom is 0.457 e. The Hall–Kier alpha value is -1.77. The fourth-order valence-corrected chi connectivity index (χ4v) is 5.71. The van der Waals surface area contributed by atoms with Crippen LogP contribution in [-0.4, -0.2) is 42.9 Å². The molecule has 4 rings (SSSR count). The Morgan fingerprint density at radius 3 is 2.53 bits per heavy atom. The minimum Gasteiger partial charge on any atom is -0.460 e. The summed E-state index contributed by atoms with van der Waals surface area (Å²) < 4.78 is 18.0. The molecule has 1 saturated carbocycles. The van der Waals surface area contributed by atoms with Crippen molar-refractivity contribution < 1.29 is 18.8 Å². The third-order valence-electron chi connectivity index (χ3n) is 8.14. The number of benzene rings is 1. The van der Waals surface area contributed by atoms with E-state index in [-0.39, 0.29) is 49.2 Å². The van der Waals surface area contributed by atoms with Crippen molar-refractivity contribution in [2.24, 2.45) is 22.9 Å². The second-order valence-electron chi connectivity index (χ2n) is 10.7. The number of carbonyl (C=O) groups excluding carboxylic acids is 1. The molecule has 2 aliphatic heterocycles. The van der Waals surface area contributed by atoms with E-state index in [0.29, 0.717) is 12.3 Å². The number of nitrogens with one attached hydrogen (secondary N) is 1. The number of nitrogens with zero attached hydrogens (tertiary/aromatic N) is 3. The maximum absolute atomic E-state index is 13.4. The van der Waals surface area contributed by atoms with Crippen LogP contribution in [0.2, 0.25) is 6.32 Å². The molecule has 3 aliphatic rings. The van der Waals surface area contributed by atoms with Crippen LogP contribution >= 0.6 is 12.4 Å². The average Bonchev–Trinajstić information content (AvgIpc) is 3.38. The van der Waals surface area contributed by atoms with Gasteiger partial charge in [0.2, 0.25) is 0 Å². The van der Waals surface area contributed by atoms with Crippen molar-refractivity contribution in [3.05, 3.63) is 46.3 Å². The second-order valence-corrected chi connectivity index (χ2v) is 10.7. The predicted octanol–water partition coefficient (Wildman–Crippen LogP) is 4.93. The molecule has 4 atom stereocenters. The van der Waals surface area contributed by atoms with Crippen molar-refractivity contribution in [1.29, 1.82) is 0 Å². The van der Waals surface area contributed by atoms with Crippen molar-refractivity contribution in [2.45, 2.75) is 76.6 Å². The fourth-order valence-electron chi connectivity index (χ4n) is 5.71. The van der Waals surface area contributed by atoms with Crippen molar-refractivity contribution >= 4 is 25.5 Å². The number of hydrogen-bond acceptors (Lipinski definition) is 6. The van der Waals surface area contributed by atoms with E-state index in [1.807, 2.05) is 58.0 Å². The first kappa shape index (κ1) is 26.8. The van der Waals surface area contributed by atoms with Gasteiger partial charge in [0.25, 0.3) is 0 Å². The summed E-state index contributed by atoms with van der Waals surface area (Å²) in [6.45, 7) is 10.1. The number of rotatable bonds is 8. The van der Waals surface area contributed by atoms with Crippen LogP contribution in [0.4, 0.5) is 0 Å². The van der Waals surface area contributed by atoms with Gasteiger partial charge in [-0.05, 0) is 88.8 Å². The van der Waals surface area contributed by atoms with Gasteiger partial charge in [0, 0.05) is 4.91 Å². The van der Waals surface area contributed by atoms with Crippen molar-refractivity contribution in [2.75, 3.05) is 13.1 Å². The van der Waals surface area contributed by atoms with E-state index < -0.39 is 11.5 Å². The Bertz CT molecular complexity index is 895. The maximum atomic E-state index is 13.4. The van der Waals surface area contributed by atoms with Gasteiger partial charge in [0.1, 0.15) is 12.1 Å². The van der Waals surface area contributed by atoms with Crippen molar-refractivity contribution in [3.8, 4) is 0 Å². The summed E-state index contributed by atoms with van der Waals surface area (Å²) in [5, 5.41) is 7.59. The second kappa shape index (κ2) is 10.5. The summed E-state index contributed by atoms with van der Waals surface area (Å²) in [4.78, 5) is 16.5. The van der Waals surface area contributed by atoms with E-state index in [2.05, 4.69) is 15.3 Å². The van der Waals surface area contributed by atoms with E-state index in [1.165, 1.54) is 0 Å². The van der Waals surface area contributed by atoms with Gasteiger partial charge in [-0.15, -0.1) is 12.4 Å². The lowest BCUT2D eigenvalue weighted by Crippen LogP contribution is -2.44. The number of fused-ring (bicyclic) bond motifs is 1. The van der Waals surface area contributed by atoms with Crippen LogP contribution in [0.25, 0.3) is 10.4 Å². The standard InChI is InChI=1S/C24H35BN4O4.ClH/c1-22(2)23(3,4)33-25(32-22)12-8-11-20-19-15-27-14-18(19)13-24(20,28-29-26)21(30)31-16-17-9-6-5-7-10-17;/h5-7,9-10,18-20,27H,8,11-16H2,1-4H3;1H/t18-,19+,20-,24-;/m0./s1. The van der Waals surface area contributed by atoms with Gasteiger partial charge in [-0.25, -0.2) is 0 Å². The van der Waals surface area contributed by atoms with E-state index >= 15 is 0 Å². The first-order valence-electron chi connectivity index (χ1n) is 12.0. The first-order chi connectivity index (χ1) is 15.7. The first-order valence-corrected chi connectivity index (χ1v) is 12.0. The van der Waals surface area contributed by atoms with Gasteiger partial charge < -0.3 is 19.4 Å². The monoisotopic (exact) mass is 490 g/mol. The highest BCUT2D eigenvalue weighted by Gasteiger charge is 2.59. The molecule has 34 heavy (non-hydrogen) atoms. The number of esters is 1. The highest BCUT2D eigenvalue weighted by Crippen LogP contribution is 2.51. The topological polar surface area (TPSA) is 106 Å². The molecule has 0 amide bonds. The molecule has 8 nitrogen and oxygen atoms in total. The van der Waals surface area contributed by atoms with Crippen molar-refractivity contribution in [1.82, 2.24) is 5.32 Å². The molecular formula is C24H36BClN4O4. The van der Waals surface area contributed by atoms with E-state index in [0.717, 1.165) is 37.8 Å². The summed E-state index contributed by atoms with van der Waals surface area (Å²) in [6, 6.07) is 9.59. The van der Waals surface area contributed by atoms with E-state index in [9.17, 15) is 10.3 Å². The van der Waals surface area contributed by atoms with Crippen molar-refractivity contribution in [3.63, 3.8) is 0 Å². The molecule has 0 aromatic heterocycles. The summed E-state index contributed by atoms with van der Waals surface area (Å²) in [6.07, 6.45) is 2.84. The molecule has 0 spiro atoms. The zero-order chi connectivity index (χ0) is 23.7. The molecule has 1 aromatic rings. The van der Waals surface area contributed by atoms with Crippen LogP contribution in [0.3, 0.4) is 0 Å². The Kier molecular flexibility index (Phi) is 8.26. The summed E-state index contributed by atoms with van der Waals surface area (Å²) in [7, 11) is -0.271. The molecule has 1 aliphatic carbocycles. The van der Waals surface area contributed by atoms with Crippen LogP contribution in [0.15, 0.2) is 35.4 Å². The van der Waals surface area contributed by atoms with Gasteiger partial charge in [-0.3, -0.25) is 4.79 Å². The Balaban J connectivity index is 0.00000324. The quantitative estimate of drug-likeness (QED) is 0.183. The third-order valence-corrected chi connectivity index (χ3v) is 8.14. The summed E-state index contributed by atoms with van der Waals surface area (Å²) in [5.74, 6) is 0.123. The largest absolute Gasteiger partial charge is 0.460 e. The lowest BCUT2D eigenvalue weighted by atomic mass is 9.75. The molecule has 0 radical (unpaired) electrons. The van der Waals surface area contributed by atoms with Crippen LogP contribution < -0.4 is 5.32 Å². The third kappa shape index (κ3) is 5.09. The van der Waals surface area contributed by atoms with Gasteiger partial charge in [0.05, 0.1) is 11.2 Å². The molecule has 2 saturated heterocycles. The number of halogens is 1. The van der Waals surface area contributed by atoms with Crippen LogP contribution in [0, 0.1) is 17.8 Å². The molecule has 10 heteroatoms. The number of hydrogen-bond donors (Lipinski definition) is 1. The molecule has 3 fully saturated rings. The van der Waals surface area contributed by atoms with Gasteiger partial charge in [-0.1, -0.05) is 41.9 Å². The summed E-state index contributed by atoms with van der Waals surface area (Å²) >= 11 is 0. The molecule has 1 aromatic carbocycles. The molecule has 0 unspecified atom stereocenters. The molecule has 2 heterocycles. The van der Waals surface area contributed by atoms with Crippen LogP contribution in [-0.2, 0) is 25.4 Å². The minimum atomic E-state index is -1.16. The molecule has 186 valence electrons. The number of azide groups is 1. The van der Waals surface area contributed by atoms with E-state index in [4.69, 9.17) is 14.0 Å². The van der Waals surface area contributed by atoms with Crippen LogP contribution in [0.5, 0.6) is 0 Å². The molecular weight excluding hydrogens is 455 g/mol. The van der Waals surface area contributed by atoms with Gasteiger partial charge >= 0.3 is 13.1 Å². The Labute approximate surface area is 208 Å². The number of carbonyl (C=O) groups is 1. The van der Waals surface area contributed by atoms with Gasteiger partial charge in [-0.2, -0.15) is 0 Å². The van der Waals surface area contributed by atoms with Crippen LogP contribution in [0.1, 0.15) is 52.5 Å². The fraction of sp³-hybridized carbons (Fsp3) is 0.708. The predicted molar refractivity (Wildman–Crippen MR) is 133 cm³/mol. The normalized spacial score (nSPS) is 30.8. The smallest absolute Gasteiger partial charge is 0.457 e. The Morgan fingerprint density at radius 2 is 1.88 bits per heavy atom.